The fourth-order valence-corrected chi connectivity index (χ4v) is 3.95. The number of allylic oxidation sites excluding steroid dienone is 3. The number of nitrogens with one attached hydrogen (secondary N) is 1. The van der Waals surface area contributed by atoms with E-state index in [0.29, 0.717) is 11.9 Å². The molecule has 0 aliphatic carbocycles. The predicted molar refractivity (Wildman–Crippen MR) is 105 cm³/mol. The third kappa shape index (κ3) is 3.75. The molecule has 136 valence electrons. The molecule has 4 nitrogen and oxygen atoms in total. The second kappa shape index (κ2) is 7.32. The summed E-state index contributed by atoms with van der Waals surface area (Å²) in [4.78, 5) is 16.2. The van der Waals surface area contributed by atoms with Gasteiger partial charge in [0, 0.05) is 23.7 Å². The molecule has 2 heterocycles. The molecule has 0 atom stereocenters. The zero-order valence-electron chi connectivity index (χ0n) is 14.7. The Morgan fingerprint density at radius 2 is 2.00 bits per heavy atom. The summed E-state index contributed by atoms with van der Waals surface area (Å²) < 4.78 is 19.2. The first-order chi connectivity index (χ1) is 13.1. The van der Waals surface area contributed by atoms with E-state index in [1.807, 2.05) is 37.3 Å². The van der Waals surface area contributed by atoms with Gasteiger partial charge in [-0.15, -0.1) is 11.3 Å². The first kappa shape index (κ1) is 17.4. The third-order valence-corrected chi connectivity index (χ3v) is 5.48. The zero-order chi connectivity index (χ0) is 18.8. The molecule has 1 aliphatic rings. The van der Waals surface area contributed by atoms with Gasteiger partial charge in [0.05, 0.1) is 16.5 Å². The van der Waals surface area contributed by atoms with Crippen molar-refractivity contribution in [2.75, 3.05) is 0 Å². The second-order valence-corrected chi connectivity index (χ2v) is 7.23. The molecule has 27 heavy (non-hydrogen) atoms. The van der Waals surface area contributed by atoms with Crippen LogP contribution in [-0.2, 0) is 11.2 Å². The number of benzene rings is 2. The Hall–Kier alpha value is -2.99. The topological polar surface area (TPSA) is 51.2 Å². The van der Waals surface area contributed by atoms with Crippen LogP contribution in [0.4, 0.5) is 9.18 Å². The van der Waals surface area contributed by atoms with Crippen molar-refractivity contribution in [1.82, 2.24) is 10.3 Å². The minimum Gasteiger partial charge on any atom is -0.418 e. The number of ether oxygens (including phenoxy) is 1. The van der Waals surface area contributed by atoms with Gasteiger partial charge in [0.15, 0.2) is 0 Å². The number of cyclic esters (lactones) is 1. The Labute approximate surface area is 160 Å². The molecular weight excluding hydrogens is 363 g/mol. The van der Waals surface area contributed by atoms with E-state index < -0.39 is 6.09 Å². The Bertz CT molecular complexity index is 1070. The molecule has 6 heteroatoms. The number of halogens is 1. The number of carbonyl (C=O) groups is 1. The third-order valence-electron chi connectivity index (χ3n) is 4.40. The molecule has 1 aromatic heterocycles. The standard InChI is InChI=1S/C21H17FN2O2S/c1-2-14-9-10-26-21(25)24-17(14)11-13-3-5-15(6-4-13)20-23-18-12-16(22)7-8-19(18)27-20/h3-10,12H,2,11H2,1H3,(H,24,25). The Morgan fingerprint density at radius 1 is 1.19 bits per heavy atom. The highest BCUT2D eigenvalue weighted by molar-refractivity contribution is 7.21. The fraction of sp³-hybridized carbons (Fsp3) is 0.143. The van der Waals surface area contributed by atoms with Crippen molar-refractivity contribution in [3.05, 3.63) is 77.5 Å². The van der Waals surface area contributed by atoms with Crippen LogP contribution < -0.4 is 5.32 Å². The van der Waals surface area contributed by atoms with E-state index in [-0.39, 0.29) is 5.82 Å². The van der Waals surface area contributed by atoms with Crippen LogP contribution in [0.25, 0.3) is 20.8 Å². The number of rotatable bonds is 4. The maximum absolute atomic E-state index is 13.4. The highest BCUT2D eigenvalue weighted by Crippen LogP contribution is 2.31. The molecule has 0 fully saturated rings. The number of hydrogen-bond acceptors (Lipinski definition) is 4. The van der Waals surface area contributed by atoms with E-state index in [1.165, 1.54) is 29.7 Å². The van der Waals surface area contributed by atoms with Crippen LogP contribution in [0.2, 0.25) is 0 Å². The molecule has 0 spiro atoms. The molecule has 2 aromatic carbocycles. The van der Waals surface area contributed by atoms with Gasteiger partial charge in [0.1, 0.15) is 10.8 Å². The lowest BCUT2D eigenvalue weighted by Gasteiger charge is -2.11. The second-order valence-electron chi connectivity index (χ2n) is 6.20. The van der Waals surface area contributed by atoms with E-state index in [4.69, 9.17) is 4.74 Å². The molecule has 1 N–H and O–H groups in total. The van der Waals surface area contributed by atoms with Gasteiger partial charge in [-0.1, -0.05) is 31.2 Å². The van der Waals surface area contributed by atoms with Gasteiger partial charge in [-0.25, -0.2) is 14.2 Å². The highest BCUT2D eigenvalue weighted by Gasteiger charge is 2.13. The monoisotopic (exact) mass is 380 g/mol. The minimum absolute atomic E-state index is 0.279. The molecule has 1 amide bonds. The molecule has 4 rings (SSSR count). The first-order valence-corrected chi connectivity index (χ1v) is 9.45. The number of amides is 1. The lowest BCUT2D eigenvalue weighted by atomic mass is 10.0. The molecule has 3 aromatic rings. The average molecular weight is 380 g/mol. The van der Waals surface area contributed by atoms with Crippen molar-refractivity contribution in [1.29, 1.82) is 0 Å². The number of thiazole rings is 1. The maximum Gasteiger partial charge on any atom is 0.416 e. The summed E-state index contributed by atoms with van der Waals surface area (Å²) in [6.07, 6.45) is 4.18. The van der Waals surface area contributed by atoms with Crippen molar-refractivity contribution in [3.8, 4) is 10.6 Å². The molecule has 0 radical (unpaired) electrons. The van der Waals surface area contributed by atoms with Crippen LogP contribution in [0.15, 0.2) is 66.1 Å². The van der Waals surface area contributed by atoms with Crippen molar-refractivity contribution < 1.29 is 13.9 Å². The lowest BCUT2D eigenvalue weighted by molar-refractivity contribution is 0.189. The molecule has 0 saturated carbocycles. The molecular formula is C21H17FN2O2S. The molecule has 0 bridgehead atoms. The number of hydrogen-bond donors (Lipinski definition) is 1. The van der Waals surface area contributed by atoms with Crippen molar-refractivity contribution in [2.45, 2.75) is 19.8 Å². The minimum atomic E-state index is -0.469. The summed E-state index contributed by atoms with van der Waals surface area (Å²) in [5, 5.41) is 3.66. The van der Waals surface area contributed by atoms with E-state index >= 15 is 0 Å². The van der Waals surface area contributed by atoms with Crippen molar-refractivity contribution in [3.63, 3.8) is 0 Å². The zero-order valence-corrected chi connectivity index (χ0v) is 15.5. The normalized spacial score (nSPS) is 14.2. The lowest BCUT2D eigenvalue weighted by Crippen LogP contribution is -2.23. The van der Waals surface area contributed by atoms with E-state index in [2.05, 4.69) is 10.3 Å². The van der Waals surface area contributed by atoms with Gasteiger partial charge >= 0.3 is 6.09 Å². The van der Waals surface area contributed by atoms with Gasteiger partial charge in [0.2, 0.25) is 0 Å². The molecule has 0 saturated heterocycles. The van der Waals surface area contributed by atoms with Crippen LogP contribution in [0.5, 0.6) is 0 Å². The van der Waals surface area contributed by atoms with Gasteiger partial charge in [-0.3, -0.25) is 5.32 Å². The van der Waals surface area contributed by atoms with Gasteiger partial charge in [-0.05, 0) is 35.8 Å². The largest absolute Gasteiger partial charge is 0.418 e. The summed E-state index contributed by atoms with van der Waals surface area (Å²) in [7, 11) is 0. The van der Waals surface area contributed by atoms with Crippen LogP contribution in [0.1, 0.15) is 18.9 Å². The molecule has 1 aliphatic heterocycles. The number of fused-ring (bicyclic) bond motifs is 1. The average Bonchev–Trinajstić information content (AvgIpc) is 2.99. The number of alkyl carbamates (subject to hydrolysis) is 1. The summed E-state index contributed by atoms with van der Waals surface area (Å²) in [6.45, 7) is 2.04. The van der Waals surface area contributed by atoms with Crippen molar-refractivity contribution in [2.24, 2.45) is 0 Å². The Balaban J connectivity index is 1.59. The Kier molecular flexibility index (Phi) is 4.73. The smallest absolute Gasteiger partial charge is 0.416 e. The quantitative estimate of drug-likeness (QED) is 0.644. The summed E-state index contributed by atoms with van der Waals surface area (Å²) in [6, 6.07) is 12.7. The van der Waals surface area contributed by atoms with Crippen LogP contribution in [0, 0.1) is 5.82 Å². The predicted octanol–water partition coefficient (Wildman–Crippen LogP) is 5.56. The SMILES string of the molecule is CCC1=C(Cc2ccc(-c3nc4cc(F)ccc4s3)cc2)NC(=O)OC=C1. The van der Waals surface area contributed by atoms with Crippen molar-refractivity contribution >= 4 is 27.6 Å². The van der Waals surface area contributed by atoms with Gasteiger partial charge < -0.3 is 4.74 Å². The van der Waals surface area contributed by atoms with Crippen LogP contribution in [-0.4, -0.2) is 11.1 Å². The first-order valence-electron chi connectivity index (χ1n) is 8.64. The summed E-state index contributed by atoms with van der Waals surface area (Å²) in [5.74, 6) is -0.279. The van der Waals surface area contributed by atoms with Crippen LogP contribution in [0.3, 0.4) is 0 Å². The number of carbonyl (C=O) groups excluding carboxylic acids is 1. The van der Waals surface area contributed by atoms with Gasteiger partial charge in [-0.2, -0.15) is 0 Å². The maximum atomic E-state index is 13.4. The van der Waals surface area contributed by atoms with E-state index in [0.717, 1.165) is 38.5 Å². The van der Waals surface area contributed by atoms with E-state index in [1.54, 1.807) is 6.07 Å². The van der Waals surface area contributed by atoms with Gasteiger partial charge in [0.25, 0.3) is 0 Å². The summed E-state index contributed by atoms with van der Waals surface area (Å²) in [5.41, 5.74) is 4.61. The number of aromatic nitrogens is 1. The van der Waals surface area contributed by atoms with E-state index in [9.17, 15) is 9.18 Å². The number of nitrogens with zero attached hydrogens (tertiary/aromatic N) is 1. The summed E-state index contributed by atoms with van der Waals surface area (Å²) >= 11 is 1.54. The van der Waals surface area contributed by atoms with Crippen LogP contribution >= 0.6 is 11.3 Å². The molecule has 0 unspecified atom stereocenters. The fourth-order valence-electron chi connectivity index (χ4n) is 2.99. The highest BCUT2D eigenvalue weighted by atomic mass is 32.1. The Morgan fingerprint density at radius 3 is 2.78 bits per heavy atom.